The van der Waals surface area contributed by atoms with E-state index in [1.807, 2.05) is 6.92 Å². The number of fused-ring (bicyclic) bond motifs is 1. The molecule has 0 bridgehead atoms. The van der Waals surface area contributed by atoms with E-state index >= 15 is 0 Å². The summed E-state index contributed by atoms with van der Waals surface area (Å²) in [6, 6.07) is 1.68. The van der Waals surface area contributed by atoms with Crippen LogP contribution in [0.25, 0.3) is 11.0 Å². The van der Waals surface area contributed by atoms with Crippen LogP contribution in [-0.4, -0.2) is 15.0 Å². The van der Waals surface area contributed by atoms with Crippen LogP contribution >= 0.6 is 15.9 Å². The maximum Gasteiger partial charge on any atom is 0.163 e. The van der Waals surface area contributed by atoms with Gasteiger partial charge in [0, 0.05) is 26.6 Å². The Morgan fingerprint density at radius 2 is 2.36 bits per heavy atom. The van der Waals surface area contributed by atoms with Gasteiger partial charge in [0.15, 0.2) is 5.65 Å². The first-order chi connectivity index (χ1) is 7.91. The van der Waals surface area contributed by atoms with E-state index in [4.69, 9.17) is 4.11 Å². The van der Waals surface area contributed by atoms with E-state index in [1.165, 1.54) is 0 Å². The molecular weight excluding hydrogens is 242 g/mol. The van der Waals surface area contributed by atoms with Crippen LogP contribution in [0.15, 0.2) is 16.7 Å². The smallest absolute Gasteiger partial charge is 0.163 e. The zero-order valence-corrected chi connectivity index (χ0v) is 9.17. The van der Waals surface area contributed by atoms with E-state index in [9.17, 15) is 0 Å². The lowest BCUT2D eigenvalue weighted by molar-refractivity contribution is 0.950. The second-order valence-corrected chi connectivity index (χ2v) is 3.73. The van der Waals surface area contributed by atoms with Crippen LogP contribution in [0.3, 0.4) is 0 Å². The van der Waals surface area contributed by atoms with E-state index in [0.717, 1.165) is 5.39 Å². The summed E-state index contributed by atoms with van der Waals surface area (Å²) < 4.78 is 22.6. The molecular formula is C10H10BrN3. The van der Waals surface area contributed by atoms with Crippen molar-refractivity contribution in [1.29, 1.82) is 0 Å². The standard InChI is InChI=1S/C10H10BrN3/c1-3-9-12-5-7-4-8(11)6(2)13-10(7)14-9/h4-5H,3H2,1-2H3/i2D3. The summed E-state index contributed by atoms with van der Waals surface area (Å²) in [5.74, 6) is 0.656. The Hall–Kier alpha value is -1.03. The monoisotopic (exact) mass is 254 g/mol. The maximum atomic E-state index is 7.38. The minimum Gasteiger partial charge on any atom is -0.241 e. The van der Waals surface area contributed by atoms with Crippen LogP contribution in [0.1, 0.15) is 22.6 Å². The number of aryl methyl sites for hydroxylation is 2. The van der Waals surface area contributed by atoms with Crippen LogP contribution in [0.2, 0.25) is 0 Å². The highest BCUT2D eigenvalue weighted by atomic mass is 79.9. The summed E-state index contributed by atoms with van der Waals surface area (Å²) in [5.41, 5.74) is 0.455. The highest BCUT2D eigenvalue weighted by molar-refractivity contribution is 9.10. The van der Waals surface area contributed by atoms with Gasteiger partial charge in [-0.3, -0.25) is 0 Å². The second kappa shape index (κ2) is 3.61. The van der Waals surface area contributed by atoms with E-state index < -0.39 is 6.85 Å². The van der Waals surface area contributed by atoms with Crippen molar-refractivity contribution in [2.45, 2.75) is 20.2 Å². The number of halogens is 1. The van der Waals surface area contributed by atoms with Crippen molar-refractivity contribution in [2.75, 3.05) is 0 Å². The van der Waals surface area contributed by atoms with Gasteiger partial charge in [-0.05, 0) is 28.8 Å². The fourth-order valence-electron chi connectivity index (χ4n) is 1.14. The number of hydrogen-bond acceptors (Lipinski definition) is 3. The van der Waals surface area contributed by atoms with Crippen molar-refractivity contribution >= 4 is 27.0 Å². The average molecular weight is 255 g/mol. The molecule has 0 fully saturated rings. The van der Waals surface area contributed by atoms with E-state index in [1.54, 1.807) is 12.3 Å². The van der Waals surface area contributed by atoms with Gasteiger partial charge < -0.3 is 0 Å². The Bertz CT molecular complexity index is 568. The maximum absolute atomic E-state index is 7.38. The van der Waals surface area contributed by atoms with Gasteiger partial charge in [-0.1, -0.05) is 6.92 Å². The molecule has 4 heteroatoms. The minimum atomic E-state index is -2.25. The van der Waals surface area contributed by atoms with Crippen molar-refractivity contribution in [2.24, 2.45) is 0 Å². The summed E-state index contributed by atoms with van der Waals surface area (Å²) in [6.07, 6.45) is 2.35. The first-order valence-electron chi connectivity index (χ1n) is 5.74. The molecule has 0 N–H and O–H groups in total. The van der Waals surface area contributed by atoms with Gasteiger partial charge in [0.1, 0.15) is 5.82 Å². The molecule has 14 heavy (non-hydrogen) atoms. The Kier molecular flexibility index (Phi) is 1.66. The van der Waals surface area contributed by atoms with Crippen molar-refractivity contribution in [3.63, 3.8) is 0 Å². The summed E-state index contributed by atoms with van der Waals surface area (Å²) >= 11 is 3.21. The van der Waals surface area contributed by atoms with E-state index in [-0.39, 0.29) is 5.69 Å². The lowest BCUT2D eigenvalue weighted by atomic mass is 10.3. The Morgan fingerprint density at radius 3 is 3.07 bits per heavy atom. The van der Waals surface area contributed by atoms with Gasteiger partial charge in [0.2, 0.25) is 0 Å². The average Bonchev–Trinajstić information content (AvgIpc) is 2.26. The molecule has 0 saturated heterocycles. The van der Waals surface area contributed by atoms with Gasteiger partial charge in [-0.25, -0.2) is 15.0 Å². The zero-order valence-electron chi connectivity index (χ0n) is 10.6. The van der Waals surface area contributed by atoms with Gasteiger partial charge in [-0.15, -0.1) is 0 Å². The van der Waals surface area contributed by atoms with Gasteiger partial charge in [0.25, 0.3) is 0 Å². The Morgan fingerprint density at radius 1 is 1.50 bits per heavy atom. The first-order valence-corrected chi connectivity index (χ1v) is 5.03. The molecule has 0 aliphatic carbocycles. The second-order valence-electron chi connectivity index (χ2n) is 2.87. The highest BCUT2D eigenvalue weighted by Gasteiger charge is 2.03. The normalized spacial score (nSPS) is 14.9. The van der Waals surface area contributed by atoms with Gasteiger partial charge >= 0.3 is 0 Å². The zero-order chi connectivity index (χ0) is 12.6. The molecule has 0 spiro atoms. The third-order valence-electron chi connectivity index (χ3n) is 1.89. The summed E-state index contributed by atoms with van der Waals surface area (Å²) in [4.78, 5) is 12.5. The molecule has 0 amide bonds. The molecule has 0 aromatic carbocycles. The number of nitrogens with zero attached hydrogens (tertiary/aromatic N) is 3. The summed E-state index contributed by atoms with van der Waals surface area (Å²) in [5, 5.41) is 0.724. The summed E-state index contributed by atoms with van der Waals surface area (Å²) in [7, 11) is 0. The fraction of sp³-hybridized carbons (Fsp3) is 0.300. The third kappa shape index (κ3) is 1.62. The molecule has 2 rings (SSSR count). The molecule has 0 radical (unpaired) electrons. The molecule has 2 heterocycles. The largest absolute Gasteiger partial charge is 0.241 e. The minimum absolute atomic E-state index is 0.0331. The molecule has 0 unspecified atom stereocenters. The van der Waals surface area contributed by atoms with Gasteiger partial charge in [0.05, 0.1) is 5.69 Å². The number of aromatic nitrogens is 3. The number of pyridine rings is 1. The van der Waals surface area contributed by atoms with Crippen LogP contribution in [0.4, 0.5) is 0 Å². The number of hydrogen-bond donors (Lipinski definition) is 0. The molecule has 72 valence electrons. The van der Waals surface area contributed by atoms with Crippen molar-refractivity contribution < 1.29 is 4.11 Å². The van der Waals surface area contributed by atoms with Crippen molar-refractivity contribution in [1.82, 2.24) is 15.0 Å². The van der Waals surface area contributed by atoms with Crippen molar-refractivity contribution in [3.8, 4) is 0 Å². The molecule has 0 aliphatic rings. The SMILES string of the molecule is [2H]C([2H])([2H])c1nc2nc(CC)ncc2cc1Br. The van der Waals surface area contributed by atoms with Crippen LogP contribution in [0.5, 0.6) is 0 Å². The molecule has 0 saturated carbocycles. The van der Waals surface area contributed by atoms with Crippen LogP contribution in [-0.2, 0) is 6.42 Å². The fourth-order valence-corrected chi connectivity index (χ4v) is 1.48. The van der Waals surface area contributed by atoms with E-state index in [2.05, 4.69) is 30.9 Å². The van der Waals surface area contributed by atoms with Crippen LogP contribution < -0.4 is 0 Å². The number of rotatable bonds is 1. The van der Waals surface area contributed by atoms with Gasteiger partial charge in [-0.2, -0.15) is 0 Å². The van der Waals surface area contributed by atoms with Crippen LogP contribution in [0, 0.1) is 6.85 Å². The quantitative estimate of drug-likeness (QED) is 0.786. The highest BCUT2D eigenvalue weighted by Crippen LogP contribution is 2.19. The first kappa shape index (κ1) is 6.45. The predicted molar refractivity (Wildman–Crippen MR) is 59.1 cm³/mol. The lowest BCUT2D eigenvalue weighted by Gasteiger charge is -2.01. The Labute approximate surface area is 94.9 Å². The Balaban J connectivity index is 2.69. The molecule has 2 aromatic heterocycles. The molecule has 2 aromatic rings. The van der Waals surface area contributed by atoms with E-state index in [0.29, 0.717) is 22.4 Å². The third-order valence-corrected chi connectivity index (χ3v) is 2.49. The lowest BCUT2D eigenvalue weighted by Crippen LogP contribution is -1.95. The summed E-state index contributed by atoms with van der Waals surface area (Å²) in [6.45, 7) is -0.310. The molecule has 0 aliphatic heterocycles. The van der Waals surface area contributed by atoms with Crippen molar-refractivity contribution in [3.05, 3.63) is 28.3 Å². The molecule has 0 atom stereocenters. The topological polar surface area (TPSA) is 38.7 Å². The molecule has 3 nitrogen and oxygen atoms in total. The predicted octanol–water partition coefficient (Wildman–Crippen LogP) is 2.66.